The normalized spacial score (nSPS) is 17.5. The number of nitrogens with two attached hydrogens (primary N) is 1. The molecule has 1 fully saturated rings. The zero-order chi connectivity index (χ0) is 17.1. The van der Waals surface area contributed by atoms with Crippen LogP contribution in [0.5, 0.6) is 0 Å². The summed E-state index contributed by atoms with van der Waals surface area (Å²) in [7, 11) is 0. The number of benzene rings is 1. The lowest BCUT2D eigenvalue weighted by Crippen LogP contribution is -2.42. The van der Waals surface area contributed by atoms with Gasteiger partial charge in [0, 0.05) is 23.3 Å². The molecule has 0 radical (unpaired) electrons. The molecule has 7 heteroatoms. The smallest absolute Gasteiger partial charge is 0.246 e. The Hall–Kier alpha value is -2.44. The number of nitrogen functional groups attached to an aromatic ring is 1. The van der Waals surface area contributed by atoms with E-state index in [1.165, 1.54) is 6.08 Å². The predicted octanol–water partition coefficient (Wildman–Crippen LogP) is 2.47. The van der Waals surface area contributed by atoms with Crippen molar-refractivity contribution in [2.75, 3.05) is 25.5 Å². The average Bonchev–Trinajstić information content (AvgIpc) is 2.60. The van der Waals surface area contributed by atoms with E-state index in [0.29, 0.717) is 36.4 Å². The number of halogens is 1. The van der Waals surface area contributed by atoms with Crippen molar-refractivity contribution >= 4 is 23.3 Å². The highest BCUT2D eigenvalue weighted by molar-refractivity contribution is 6.31. The van der Waals surface area contributed by atoms with Crippen LogP contribution in [0.4, 0.5) is 5.82 Å². The van der Waals surface area contributed by atoms with Gasteiger partial charge < -0.3 is 15.4 Å². The Kier molecular flexibility index (Phi) is 4.78. The Balaban J connectivity index is 2.01. The zero-order valence-electron chi connectivity index (χ0n) is 13.0. The predicted molar refractivity (Wildman–Crippen MR) is 92.4 cm³/mol. The van der Waals surface area contributed by atoms with Gasteiger partial charge in [0.05, 0.1) is 19.3 Å². The number of morpholine rings is 1. The Labute approximate surface area is 144 Å². The summed E-state index contributed by atoms with van der Waals surface area (Å²) < 4.78 is 5.54. The molecular weight excluding hydrogens is 328 g/mol. The van der Waals surface area contributed by atoms with Crippen LogP contribution in [0.2, 0.25) is 5.02 Å². The summed E-state index contributed by atoms with van der Waals surface area (Å²) in [6.07, 6.45) is 2.90. The first kappa shape index (κ1) is 16.4. The molecule has 0 saturated carbocycles. The summed E-state index contributed by atoms with van der Waals surface area (Å²) in [5.41, 5.74) is 7.32. The SMILES string of the molecule is C=CC(=O)N1CCOC[C@H]1c1cc(Cl)cc(-c2nccc(N)n2)c1. The molecule has 1 aromatic carbocycles. The Morgan fingerprint density at radius 1 is 1.46 bits per heavy atom. The number of carbonyl (C=O) groups is 1. The summed E-state index contributed by atoms with van der Waals surface area (Å²) >= 11 is 6.27. The minimum atomic E-state index is -0.234. The molecule has 1 aliphatic rings. The molecule has 0 unspecified atom stereocenters. The topological polar surface area (TPSA) is 81.3 Å². The number of rotatable bonds is 3. The van der Waals surface area contributed by atoms with Crippen LogP contribution >= 0.6 is 11.6 Å². The van der Waals surface area contributed by atoms with Crippen LogP contribution in [0, 0.1) is 0 Å². The summed E-state index contributed by atoms with van der Waals surface area (Å²) in [5.74, 6) is 0.730. The largest absolute Gasteiger partial charge is 0.384 e. The van der Waals surface area contributed by atoms with E-state index >= 15 is 0 Å². The number of amides is 1. The first-order valence-electron chi connectivity index (χ1n) is 7.48. The van der Waals surface area contributed by atoms with Crippen molar-refractivity contribution in [3.05, 3.63) is 53.7 Å². The van der Waals surface area contributed by atoms with Gasteiger partial charge in [-0.3, -0.25) is 4.79 Å². The minimum Gasteiger partial charge on any atom is -0.384 e. The maximum atomic E-state index is 12.1. The molecular formula is C17H17ClN4O2. The second kappa shape index (κ2) is 6.98. The van der Waals surface area contributed by atoms with Crippen molar-refractivity contribution in [3.8, 4) is 11.4 Å². The Bertz CT molecular complexity index is 781. The van der Waals surface area contributed by atoms with Crippen LogP contribution in [0.25, 0.3) is 11.4 Å². The van der Waals surface area contributed by atoms with E-state index in [1.807, 2.05) is 12.1 Å². The Morgan fingerprint density at radius 3 is 3.04 bits per heavy atom. The molecule has 0 spiro atoms. The highest BCUT2D eigenvalue weighted by atomic mass is 35.5. The second-order valence-electron chi connectivity index (χ2n) is 5.40. The molecule has 0 aliphatic carbocycles. The summed E-state index contributed by atoms with van der Waals surface area (Å²) in [4.78, 5) is 22.3. The molecule has 1 atom stereocenters. The third-order valence-corrected chi connectivity index (χ3v) is 4.04. The maximum absolute atomic E-state index is 12.1. The molecule has 2 N–H and O–H groups in total. The van der Waals surface area contributed by atoms with Gasteiger partial charge in [-0.1, -0.05) is 18.2 Å². The van der Waals surface area contributed by atoms with E-state index < -0.39 is 0 Å². The summed E-state index contributed by atoms with van der Waals surface area (Å²) in [6, 6.07) is 6.88. The molecule has 3 rings (SSSR count). The molecule has 1 aliphatic heterocycles. The quantitative estimate of drug-likeness (QED) is 0.865. The lowest BCUT2D eigenvalue weighted by molar-refractivity contribution is -0.134. The van der Waals surface area contributed by atoms with Gasteiger partial charge in [0.1, 0.15) is 5.82 Å². The lowest BCUT2D eigenvalue weighted by Gasteiger charge is -2.35. The van der Waals surface area contributed by atoms with E-state index in [2.05, 4.69) is 16.5 Å². The second-order valence-corrected chi connectivity index (χ2v) is 5.84. The van der Waals surface area contributed by atoms with Crippen molar-refractivity contribution in [1.82, 2.24) is 14.9 Å². The number of hydrogen-bond donors (Lipinski definition) is 1. The third-order valence-electron chi connectivity index (χ3n) is 3.83. The first-order chi connectivity index (χ1) is 11.6. The average molecular weight is 345 g/mol. The number of nitrogens with zero attached hydrogens (tertiary/aromatic N) is 3. The summed E-state index contributed by atoms with van der Waals surface area (Å²) in [5, 5.41) is 0.533. The molecule has 1 amide bonds. The fourth-order valence-electron chi connectivity index (χ4n) is 2.71. The molecule has 0 bridgehead atoms. The van der Waals surface area contributed by atoms with Crippen LogP contribution in [0.15, 0.2) is 43.1 Å². The zero-order valence-corrected chi connectivity index (χ0v) is 13.7. The number of hydrogen-bond acceptors (Lipinski definition) is 5. The van der Waals surface area contributed by atoms with E-state index in [-0.39, 0.29) is 11.9 Å². The number of aromatic nitrogens is 2. The van der Waals surface area contributed by atoms with Gasteiger partial charge in [0.15, 0.2) is 5.82 Å². The Morgan fingerprint density at radius 2 is 2.29 bits per heavy atom. The lowest BCUT2D eigenvalue weighted by atomic mass is 10.0. The van der Waals surface area contributed by atoms with Crippen molar-refractivity contribution in [2.24, 2.45) is 0 Å². The third kappa shape index (κ3) is 3.39. The first-order valence-corrected chi connectivity index (χ1v) is 7.86. The fraction of sp³-hybridized carbons (Fsp3) is 0.235. The van der Waals surface area contributed by atoms with E-state index in [4.69, 9.17) is 22.1 Å². The summed E-state index contributed by atoms with van der Waals surface area (Å²) in [6.45, 7) is 4.97. The number of carbonyl (C=O) groups excluding carboxylic acids is 1. The fourth-order valence-corrected chi connectivity index (χ4v) is 2.95. The molecule has 24 heavy (non-hydrogen) atoms. The molecule has 2 heterocycles. The van der Waals surface area contributed by atoms with Gasteiger partial charge >= 0.3 is 0 Å². The van der Waals surface area contributed by atoms with Crippen LogP contribution in [0.3, 0.4) is 0 Å². The standard InChI is InChI=1S/C17H17ClN4O2/c1-2-16(23)22-5-6-24-10-14(22)11-7-12(9-13(18)8-11)17-20-4-3-15(19)21-17/h2-4,7-9,14H,1,5-6,10H2,(H2,19,20,21)/t14-/m0/s1. The van der Waals surface area contributed by atoms with E-state index in [0.717, 1.165) is 11.1 Å². The van der Waals surface area contributed by atoms with Crippen LogP contribution in [0.1, 0.15) is 11.6 Å². The van der Waals surface area contributed by atoms with Crippen molar-refractivity contribution < 1.29 is 9.53 Å². The van der Waals surface area contributed by atoms with Gasteiger partial charge in [-0.2, -0.15) is 0 Å². The highest BCUT2D eigenvalue weighted by Gasteiger charge is 2.28. The maximum Gasteiger partial charge on any atom is 0.246 e. The van der Waals surface area contributed by atoms with Crippen LogP contribution < -0.4 is 5.73 Å². The molecule has 1 aromatic heterocycles. The van der Waals surface area contributed by atoms with Crippen molar-refractivity contribution in [2.45, 2.75) is 6.04 Å². The minimum absolute atomic E-state index is 0.134. The van der Waals surface area contributed by atoms with E-state index in [9.17, 15) is 4.79 Å². The number of ether oxygens (including phenoxy) is 1. The molecule has 1 saturated heterocycles. The van der Waals surface area contributed by atoms with E-state index in [1.54, 1.807) is 23.2 Å². The monoisotopic (exact) mass is 344 g/mol. The van der Waals surface area contributed by atoms with Gasteiger partial charge in [0.2, 0.25) is 5.91 Å². The molecule has 2 aromatic rings. The van der Waals surface area contributed by atoms with Crippen LogP contribution in [-0.4, -0.2) is 40.5 Å². The van der Waals surface area contributed by atoms with Gasteiger partial charge in [-0.15, -0.1) is 0 Å². The highest BCUT2D eigenvalue weighted by Crippen LogP contribution is 2.30. The van der Waals surface area contributed by atoms with Crippen molar-refractivity contribution in [3.63, 3.8) is 0 Å². The molecule has 6 nitrogen and oxygen atoms in total. The van der Waals surface area contributed by atoms with Crippen LogP contribution in [-0.2, 0) is 9.53 Å². The number of anilines is 1. The van der Waals surface area contributed by atoms with Crippen molar-refractivity contribution in [1.29, 1.82) is 0 Å². The van der Waals surface area contributed by atoms with Gasteiger partial charge in [0.25, 0.3) is 0 Å². The van der Waals surface area contributed by atoms with Gasteiger partial charge in [-0.25, -0.2) is 9.97 Å². The molecule has 124 valence electrons. The van der Waals surface area contributed by atoms with Gasteiger partial charge in [-0.05, 0) is 35.9 Å².